The minimum Gasteiger partial charge on any atom is -0.380 e. The van der Waals surface area contributed by atoms with E-state index in [0.29, 0.717) is 6.04 Å². The molecule has 4 heteroatoms. The second kappa shape index (κ2) is 3.74. The van der Waals surface area contributed by atoms with Crippen LogP contribution in [0.2, 0.25) is 0 Å². The number of hydrogen-bond donors (Lipinski definition) is 0. The Bertz CT molecular complexity index is 196. The van der Waals surface area contributed by atoms with Gasteiger partial charge in [0.2, 0.25) is 5.92 Å². The minimum absolute atomic E-state index is 0.0743. The van der Waals surface area contributed by atoms with E-state index in [1.807, 2.05) is 7.05 Å². The standard InChI is InChI=1S/C10H17F2NO/c1-13(9-2-3-14-7-9)6-8-4-10(11,12)5-8/h8-9H,2-7H2,1H3. The lowest BCUT2D eigenvalue weighted by atomic mass is 9.81. The number of rotatable bonds is 3. The van der Waals surface area contributed by atoms with Gasteiger partial charge in [0.1, 0.15) is 0 Å². The summed E-state index contributed by atoms with van der Waals surface area (Å²) in [7, 11) is 2.01. The molecular weight excluding hydrogens is 188 g/mol. The van der Waals surface area contributed by atoms with Crippen molar-refractivity contribution in [2.45, 2.75) is 31.2 Å². The lowest BCUT2D eigenvalue weighted by molar-refractivity contribution is -0.116. The van der Waals surface area contributed by atoms with Crippen molar-refractivity contribution >= 4 is 0 Å². The van der Waals surface area contributed by atoms with Gasteiger partial charge in [-0.2, -0.15) is 0 Å². The lowest BCUT2D eigenvalue weighted by Gasteiger charge is -2.38. The molecule has 1 unspecified atom stereocenters. The molecular formula is C10H17F2NO. The van der Waals surface area contributed by atoms with E-state index in [-0.39, 0.29) is 18.8 Å². The second-order valence-corrected chi connectivity index (χ2v) is 4.59. The summed E-state index contributed by atoms with van der Waals surface area (Å²) in [5.41, 5.74) is 0. The molecule has 0 aromatic carbocycles. The first-order valence-electron chi connectivity index (χ1n) is 5.23. The van der Waals surface area contributed by atoms with Crippen molar-refractivity contribution in [3.05, 3.63) is 0 Å². The van der Waals surface area contributed by atoms with Crippen LogP contribution in [0.5, 0.6) is 0 Å². The highest BCUT2D eigenvalue weighted by molar-refractivity contribution is 4.88. The van der Waals surface area contributed by atoms with Gasteiger partial charge in [-0.15, -0.1) is 0 Å². The van der Waals surface area contributed by atoms with E-state index < -0.39 is 5.92 Å². The van der Waals surface area contributed by atoms with E-state index in [1.54, 1.807) is 0 Å². The van der Waals surface area contributed by atoms with E-state index in [9.17, 15) is 8.78 Å². The molecule has 0 aromatic heterocycles. The molecule has 0 N–H and O–H groups in total. The van der Waals surface area contributed by atoms with Gasteiger partial charge in [0, 0.05) is 32.0 Å². The first-order valence-corrected chi connectivity index (χ1v) is 5.23. The summed E-state index contributed by atoms with van der Waals surface area (Å²) in [6, 6.07) is 0.448. The zero-order chi connectivity index (χ0) is 10.2. The first-order chi connectivity index (χ1) is 6.57. The van der Waals surface area contributed by atoms with Gasteiger partial charge < -0.3 is 9.64 Å². The quantitative estimate of drug-likeness (QED) is 0.696. The highest BCUT2D eigenvalue weighted by Gasteiger charge is 2.45. The van der Waals surface area contributed by atoms with Crippen LogP contribution < -0.4 is 0 Å². The van der Waals surface area contributed by atoms with Crippen LogP contribution in [0, 0.1) is 5.92 Å². The predicted octanol–water partition coefficient (Wildman–Crippen LogP) is 1.75. The Morgan fingerprint density at radius 2 is 2.14 bits per heavy atom. The number of ether oxygens (including phenoxy) is 1. The van der Waals surface area contributed by atoms with Crippen molar-refractivity contribution in [3.63, 3.8) is 0 Å². The Morgan fingerprint density at radius 1 is 1.43 bits per heavy atom. The largest absolute Gasteiger partial charge is 0.380 e. The summed E-state index contributed by atoms with van der Waals surface area (Å²) in [4.78, 5) is 2.17. The van der Waals surface area contributed by atoms with Crippen molar-refractivity contribution in [1.82, 2.24) is 4.90 Å². The highest BCUT2D eigenvalue weighted by atomic mass is 19.3. The van der Waals surface area contributed by atoms with Crippen molar-refractivity contribution in [2.75, 3.05) is 26.8 Å². The lowest BCUT2D eigenvalue weighted by Crippen LogP contribution is -2.44. The summed E-state index contributed by atoms with van der Waals surface area (Å²) in [5, 5.41) is 0. The zero-order valence-corrected chi connectivity index (χ0v) is 8.51. The summed E-state index contributed by atoms with van der Waals surface area (Å²) in [5.74, 6) is -2.19. The molecule has 82 valence electrons. The van der Waals surface area contributed by atoms with Crippen molar-refractivity contribution in [3.8, 4) is 0 Å². The van der Waals surface area contributed by atoms with Crippen molar-refractivity contribution < 1.29 is 13.5 Å². The molecule has 1 aliphatic carbocycles. The molecule has 0 bridgehead atoms. The number of alkyl halides is 2. The third-order valence-electron chi connectivity index (χ3n) is 3.25. The Labute approximate surface area is 83.2 Å². The van der Waals surface area contributed by atoms with Gasteiger partial charge in [-0.25, -0.2) is 8.78 Å². The highest BCUT2D eigenvalue weighted by Crippen LogP contribution is 2.42. The summed E-state index contributed by atoms with van der Waals surface area (Å²) >= 11 is 0. The molecule has 1 atom stereocenters. The fourth-order valence-electron chi connectivity index (χ4n) is 2.34. The summed E-state index contributed by atoms with van der Waals surface area (Å²) in [6.07, 6.45) is 1.19. The van der Waals surface area contributed by atoms with Crippen LogP contribution in [-0.4, -0.2) is 43.7 Å². The maximum atomic E-state index is 12.6. The molecule has 0 spiro atoms. The van der Waals surface area contributed by atoms with E-state index in [4.69, 9.17) is 4.74 Å². The summed E-state index contributed by atoms with van der Waals surface area (Å²) < 4.78 is 30.4. The molecule has 1 saturated heterocycles. The fraction of sp³-hybridized carbons (Fsp3) is 1.00. The monoisotopic (exact) mass is 205 g/mol. The molecule has 2 rings (SSSR count). The summed E-state index contributed by atoms with van der Waals surface area (Å²) in [6.45, 7) is 2.37. The predicted molar refractivity (Wildman–Crippen MR) is 49.5 cm³/mol. The Balaban J connectivity index is 1.70. The molecule has 1 heterocycles. The smallest absolute Gasteiger partial charge is 0.248 e. The normalized spacial score (nSPS) is 32.1. The maximum Gasteiger partial charge on any atom is 0.248 e. The fourth-order valence-corrected chi connectivity index (χ4v) is 2.34. The molecule has 0 amide bonds. The van der Waals surface area contributed by atoms with E-state index in [0.717, 1.165) is 26.2 Å². The van der Waals surface area contributed by atoms with Gasteiger partial charge in [0.05, 0.1) is 6.61 Å². The second-order valence-electron chi connectivity index (χ2n) is 4.59. The van der Waals surface area contributed by atoms with Crippen LogP contribution in [-0.2, 0) is 4.74 Å². The van der Waals surface area contributed by atoms with Crippen LogP contribution in [0.25, 0.3) is 0 Å². The van der Waals surface area contributed by atoms with Crippen LogP contribution >= 0.6 is 0 Å². The number of halogens is 2. The van der Waals surface area contributed by atoms with Gasteiger partial charge in [0.15, 0.2) is 0 Å². The van der Waals surface area contributed by atoms with E-state index in [1.165, 1.54) is 0 Å². The Kier molecular flexibility index (Phi) is 2.75. The minimum atomic E-state index is -2.38. The van der Waals surface area contributed by atoms with E-state index >= 15 is 0 Å². The SMILES string of the molecule is CN(CC1CC(F)(F)C1)C1CCOC1. The zero-order valence-electron chi connectivity index (χ0n) is 8.51. The first kappa shape index (κ1) is 10.3. The van der Waals surface area contributed by atoms with Crippen LogP contribution in [0.1, 0.15) is 19.3 Å². The molecule has 2 fully saturated rings. The number of hydrogen-bond acceptors (Lipinski definition) is 2. The molecule has 0 radical (unpaired) electrons. The van der Waals surface area contributed by atoms with Crippen LogP contribution in [0.4, 0.5) is 8.78 Å². The maximum absolute atomic E-state index is 12.6. The molecule has 14 heavy (non-hydrogen) atoms. The van der Waals surface area contributed by atoms with Gasteiger partial charge in [-0.1, -0.05) is 0 Å². The van der Waals surface area contributed by atoms with Crippen LogP contribution in [0.15, 0.2) is 0 Å². The third-order valence-corrected chi connectivity index (χ3v) is 3.25. The molecule has 0 aromatic rings. The molecule has 2 nitrogen and oxygen atoms in total. The van der Waals surface area contributed by atoms with Gasteiger partial charge >= 0.3 is 0 Å². The van der Waals surface area contributed by atoms with Gasteiger partial charge in [0.25, 0.3) is 0 Å². The third kappa shape index (κ3) is 2.23. The van der Waals surface area contributed by atoms with Crippen molar-refractivity contribution in [2.24, 2.45) is 5.92 Å². The number of nitrogens with zero attached hydrogens (tertiary/aromatic N) is 1. The molecule has 1 aliphatic heterocycles. The van der Waals surface area contributed by atoms with Crippen molar-refractivity contribution in [1.29, 1.82) is 0 Å². The number of likely N-dealkylation sites (N-methyl/N-ethyl adjacent to an activating group) is 1. The topological polar surface area (TPSA) is 12.5 Å². The Hall–Kier alpha value is -0.220. The molecule has 1 saturated carbocycles. The van der Waals surface area contributed by atoms with Gasteiger partial charge in [-0.3, -0.25) is 0 Å². The average Bonchev–Trinajstić information content (AvgIpc) is 2.51. The Morgan fingerprint density at radius 3 is 2.64 bits per heavy atom. The average molecular weight is 205 g/mol. The van der Waals surface area contributed by atoms with Crippen LogP contribution in [0.3, 0.4) is 0 Å². The molecule has 2 aliphatic rings. The van der Waals surface area contributed by atoms with Gasteiger partial charge in [-0.05, 0) is 19.4 Å². The van der Waals surface area contributed by atoms with E-state index in [2.05, 4.69) is 4.90 Å².